The first-order chi connectivity index (χ1) is 7.99. The van der Waals surface area contributed by atoms with Crippen molar-refractivity contribution in [3.05, 3.63) is 29.8 Å². The molecule has 0 spiro atoms. The van der Waals surface area contributed by atoms with E-state index in [-0.39, 0.29) is 13.0 Å². The Kier molecular flexibility index (Phi) is 4.47. The zero-order valence-corrected chi connectivity index (χ0v) is 9.13. The molecule has 0 aliphatic carbocycles. The predicted molar refractivity (Wildman–Crippen MR) is 60.3 cm³/mol. The number of nitrogens with two attached hydrogens (primary N) is 2. The van der Waals surface area contributed by atoms with Crippen molar-refractivity contribution in [1.29, 1.82) is 0 Å². The monoisotopic (exact) mass is 238 g/mol. The van der Waals surface area contributed by atoms with Crippen molar-refractivity contribution in [2.45, 2.75) is 12.5 Å². The zero-order valence-electron chi connectivity index (χ0n) is 9.13. The largest absolute Gasteiger partial charge is 0.484 e. The molecule has 0 aliphatic heterocycles. The van der Waals surface area contributed by atoms with E-state index in [1.807, 2.05) is 0 Å². The van der Waals surface area contributed by atoms with Crippen molar-refractivity contribution in [2.24, 2.45) is 11.5 Å². The second kappa shape index (κ2) is 5.86. The fourth-order valence-electron chi connectivity index (χ4n) is 1.27. The van der Waals surface area contributed by atoms with Crippen LogP contribution in [0.2, 0.25) is 0 Å². The highest BCUT2D eigenvalue weighted by Crippen LogP contribution is 2.18. The molecule has 6 heteroatoms. The zero-order chi connectivity index (χ0) is 12.8. The second-order valence-corrected chi connectivity index (χ2v) is 3.53. The summed E-state index contributed by atoms with van der Waals surface area (Å²) in [5.74, 6) is -1.03. The van der Waals surface area contributed by atoms with Crippen molar-refractivity contribution in [3.8, 4) is 5.75 Å². The number of carbonyl (C=O) groups excluding carboxylic acids is 1. The van der Waals surface area contributed by atoms with Gasteiger partial charge in [-0.15, -0.1) is 0 Å². The first kappa shape index (κ1) is 13.0. The van der Waals surface area contributed by atoms with E-state index >= 15 is 0 Å². The Hall–Kier alpha value is -2.08. The number of primary amides is 1. The Bertz CT molecular complexity index is 402. The Morgan fingerprint density at radius 1 is 1.29 bits per heavy atom. The third-order valence-corrected chi connectivity index (χ3v) is 2.08. The molecule has 1 aromatic carbocycles. The fourth-order valence-corrected chi connectivity index (χ4v) is 1.27. The van der Waals surface area contributed by atoms with Crippen molar-refractivity contribution < 1.29 is 19.4 Å². The molecule has 6 nitrogen and oxygen atoms in total. The summed E-state index contributed by atoms with van der Waals surface area (Å²) in [6.45, 7) is -0.194. The summed E-state index contributed by atoms with van der Waals surface area (Å²) in [7, 11) is 0. The highest BCUT2D eigenvalue weighted by atomic mass is 16.5. The molecule has 0 fully saturated rings. The van der Waals surface area contributed by atoms with E-state index in [1.165, 1.54) is 0 Å². The van der Waals surface area contributed by atoms with E-state index in [1.54, 1.807) is 24.3 Å². The van der Waals surface area contributed by atoms with Crippen LogP contribution < -0.4 is 16.2 Å². The molecule has 0 heterocycles. The van der Waals surface area contributed by atoms with Gasteiger partial charge in [0, 0.05) is 6.04 Å². The van der Waals surface area contributed by atoms with Gasteiger partial charge in [-0.1, -0.05) is 12.1 Å². The number of aliphatic carboxylic acids is 1. The molecular weight excluding hydrogens is 224 g/mol. The van der Waals surface area contributed by atoms with Crippen molar-refractivity contribution in [2.75, 3.05) is 6.61 Å². The molecule has 1 amide bonds. The van der Waals surface area contributed by atoms with E-state index < -0.39 is 17.9 Å². The Labute approximate surface area is 98.2 Å². The molecule has 0 radical (unpaired) electrons. The average Bonchev–Trinajstić information content (AvgIpc) is 2.26. The van der Waals surface area contributed by atoms with Gasteiger partial charge in [0.1, 0.15) is 5.75 Å². The van der Waals surface area contributed by atoms with Crippen LogP contribution in [0.5, 0.6) is 5.75 Å². The molecule has 0 saturated heterocycles. The lowest BCUT2D eigenvalue weighted by Crippen LogP contribution is -2.20. The number of rotatable bonds is 6. The third kappa shape index (κ3) is 4.52. The molecule has 1 atom stereocenters. The minimum Gasteiger partial charge on any atom is -0.484 e. The third-order valence-electron chi connectivity index (χ3n) is 2.08. The Morgan fingerprint density at radius 2 is 1.88 bits per heavy atom. The molecule has 0 unspecified atom stereocenters. The Morgan fingerprint density at radius 3 is 2.35 bits per heavy atom. The van der Waals surface area contributed by atoms with Gasteiger partial charge in [0.15, 0.2) is 6.61 Å². The minimum atomic E-state index is -0.952. The molecule has 17 heavy (non-hydrogen) atoms. The number of carboxylic acid groups (broad SMARTS) is 1. The molecule has 0 bridgehead atoms. The van der Waals surface area contributed by atoms with Crippen LogP contribution in [-0.2, 0) is 9.59 Å². The summed E-state index contributed by atoms with van der Waals surface area (Å²) in [6.07, 6.45) is -0.137. The summed E-state index contributed by atoms with van der Waals surface area (Å²) in [5.41, 5.74) is 11.3. The van der Waals surface area contributed by atoms with Gasteiger partial charge < -0.3 is 21.3 Å². The molecule has 0 aliphatic rings. The number of hydrogen-bond donors (Lipinski definition) is 3. The summed E-state index contributed by atoms with van der Waals surface area (Å²) in [4.78, 5) is 21.0. The standard InChI is InChI=1S/C11H14N2O4/c12-9(5-11(15)16)7-1-3-8(4-2-7)17-6-10(13)14/h1-4,9H,5-6,12H2,(H2,13,14)(H,15,16)/t9-/m0/s1. The molecule has 5 N–H and O–H groups in total. The van der Waals surface area contributed by atoms with E-state index in [0.717, 1.165) is 0 Å². The predicted octanol–water partition coefficient (Wildman–Crippen LogP) is 0.0252. The summed E-state index contributed by atoms with van der Waals surface area (Å²) in [6, 6.07) is 5.98. The van der Waals surface area contributed by atoms with Crippen LogP contribution in [0.1, 0.15) is 18.0 Å². The van der Waals surface area contributed by atoms with Crippen LogP contribution in [0.3, 0.4) is 0 Å². The van der Waals surface area contributed by atoms with Crippen LogP contribution in [0.15, 0.2) is 24.3 Å². The highest BCUT2D eigenvalue weighted by molar-refractivity contribution is 5.75. The molecule has 1 rings (SSSR count). The lowest BCUT2D eigenvalue weighted by Gasteiger charge is -2.10. The van der Waals surface area contributed by atoms with Crippen molar-refractivity contribution >= 4 is 11.9 Å². The van der Waals surface area contributed by atoms with Gasteiger partial charge in [-0.05, 0) is 17.7 Å². The lowest BCUT2D eigenvalue weighted by atomic mass is 10.1. The number of carboxylic acids is 1. The molecule has 1 aromatic rings. The topological polar surface area (TPSA) is 116 Å². The molecular formula is C11H14N2O4. The maximum Gasteiger partial charge on any atom is 0.305 e. The smallest absolute Gasteiger partial charge is 0.305 e. The van der Waals surface area contributed by atoms with Gasteiger partial charge in [-0.25, -0.2) is 0 Å². The Balaban J connectivity index is 2.60. The van der Waals surface area contributed by atoms with Crippen molar-refractivity contribution in [3.63, 3.8) is 0 Å². The van der Waals surface area contributed by atoms with Crippen LogP contribution in [-0.4, -0.2) is 23.6 Å². The van der Waals surface area contributed by atoms with Gasteiger partial charge in [-0.2, -0.15) is 0 Å². The molecule has 0 saturated carbocycles. The van der Waals surface area contributed by atoms with Crippen LogP contribution in [0.25, 0.3) is 0 Å². The van der Waals surface area contributed by atoms with Gasteiger partial charge in [-0.3, -0.25) is 9.59 Å². The first-order valence-corrected chi connectivity index (χ1v) is 4.97. The SMILES string of the molecule is NC(=O)COc1ccc([C@@H](N)CC(=O)O)cc1. The maximum absolute atomic E-state index is 10.5. The molecule has 92 valence electrons. The highest BCUT2D eigenvalue weighted by Gasteiger charge is 2.10. The van der Waals surface area contributed by atoms with E-state index in [4.69, 9.17) is 21.3 Å². The molecule has 0 aromatic heterocycles. The first-order valence-electron chi connectivity index (χ1n) is 4.97. The van der Waals surface area contributed by atoms with Crippen molar-refractivity contribution in [1.82, 2.24) is 0 Å². The van der Waals surface area contributed by atoms with Gasteiger partial charge in [0.25, 0.3) is 5.91 Å². The summed E-state index contributed by atoms with van der Waals surface area (Å²) >= 11 is 0. The number of hydrogen-bond acceptors (Lipinski definition) is 4. The van der Waals surface area contributed by atoms with Crippen LogP contribution in [0.4, 0.5) is 0 Å². The van der Waals surface area contributed by atoms with Gasteiger partial charge in [0.05, 0.1) is 6.42 Å². The summed E-state index contributed by atoms with van der Waals surface area (Å²) < 4.78 is 5.05. The van der Waals surface area contributed by atoms with E-state index in [2.05, 4.69) is 0 Å². The fraction of sp³-hybridized carbons (Fsp3) is 0.273. The number of carbonyl (C=O) groups is 2. The number of benzene rings is 1. The van der Waals surface area contributed by atoms with Gasteiger partial charge >= 0.3 is 5.97 Å². The lowest BCUT2D eigenvalue weighted by molar-refractivity contribution is -0.137. The van der Waals surface area contributed by atoms with E-state index in [9.17, 15) is 9.59 Å². The maximum atomic E-state index is 10.5. The van der Waals surface area contributed by atoms with E-state index in [0.29, 0.717) is 11.3 Å². The normalized spacial score (nSPS) is 11.8. The second-order valence-electron chi connectivity index (χ2n) is 3.53. The number of ether oxygens (including phenoxy) is 1. The minimum absolute atomic E-state index is 0.137. The van der Waals surface area contributed by atoms with Crippen LogP contribution >= 0.6 is 0 Å². The average molecular weight is 238 g/mol. The quantitative estimate of drug-likeness (QED) is 0.646. The summed E-state index contributed by atoms with van der Waals surface area (Å²) in [5, 5.41) is 8.59. The van der Waals surface area contributed by atoms with Crippen LogP contribution in [0, 0.1) is 0 Å². The van der Waals surface area contributed by atoms with Gasteiger partial charge in [0.2, 0.25) is 0 Å². The number of amides is 1.